The number of hydrogen-bond acceptors (Lipinski definition) is 3. The Morgan fingerprint density at radius 3 is 2.56 bits per heavy atom. The van der Waals surface area contributed by atoms with Crippen molar-refractivity contribution in [1.82, 2.24) is 19.8 Å². The maximum atomic E-state index is 13.1. The van der Waals surface area contributed by atoms with Gasteiger partial charge in [-0.1, -0.05) is 0 Å². The highest BCUT2D eigenvalue weighted by Crippen LogP contribution is 2.23. The Hall–Kier alpha value is -2.90. The molecule has 2 heterocycles. The van der Waals surface area contributed by atoms with Gasteiger partial charge < -0.3 is 19.9 Å². The molecule has 0 atom stereocenters. The number of amides is 2. The molecule has 0 saturated carbocycles. The van der Waals surface area contributed by atoms with E-state index in [1.54, 1.807) is 17.0 Å². The SMILES string of the molecule is CC(C)(NC(=O)O)C(=O)N1CCn2cc(-c3ccc(F)cc3)nc2C1. The van der Waals surface area contributed by atoms with Crippen LogP contribution in [0.15, 0.2) is 30.5 Å². The fourth-order valence-electron chi connectivity index (χ4n) is 2.90. The molecule has 0 spiro atoms. The second kappa shape index (κ2) is 6.19. The molecule has 25 heavy (non-hydrogen) atoms. The first-order valence-electron chi connectivity index (χ1n) is 7.89. The number of benzene rings is 1. The van der Waals surface area contributed by atoms with Gasteiger partial charge in [0.25, 0.3) is 0 Å². The van der Waals surface area contributed by atoms with Gasteiger partial charge in [-0.15, -0.1) is 0 Å². The van der Waals surface area contributed by atoms with Gasteiger partial charge in [-0.2, -0.15) is 0 Å². The monoisotopic (exact) mass is 346 g/mol. The lowest BCUT2D eigenvalue weighted by Gasteiger charge is -2.34. The Bertz CT molecular complexity index is 814. The Balaban J connectivity index is 1.79. The van der Waals surface area contributed by atoms with Crippen LogP contribution in [0.5, 0.6) is 0 Å². The van der Waals surface area contributed by atoms with Crippen molar-refractivity contribution in [2.75, 3.05) is 6.54 Å². The van der Waals surface area contributed by atoms with E-state index in [0.717, 1.165) is 5.56 Å². The Kier molecular flexibility index (Phi) is 4.20. The molecule has 8 heteroatoms. The smallest absolute Gasteiger partial charge is 0.405 e. The van der Waals surface area contributed by atoms with Crippen LogP contribution < -0.4 is 5.32 Å². The molecular formula is C17H19FN4O3. The van der Waals surface area contributed by atoms with Gasteiger partial charge in [0.15, 0.2) is 0 Å². The van der Waals surface area contributed by atoms with E-state index in [1.165, 1.54) is 26.0 Å². The summed E-state index contributed by atoms with van der Waals surface area (Å²) in [6.45, 7) is 4.40. The van der Waals surface area contributed by atoms with Crippen molar-refractivity contribution >= 4 is 12.0 Å². The number of rotatable bonds is 3. The van der Waals surface area contributed by atoms with E-state index in [4.69, 9.17) is 5.11 Å². The van der Waals surface area contributed by atoms with Crippen molar-refractivity contribution in [3.63, 3.8) is 0 Å². The molecule has 1 aromatic heterocycles. The summed E-state index contributed by atoms with van der Waals surface area (Å²) in [5.74, 6) is 0.107. The van der Waals surface area contributed by atoms with Crippen molar-refractivity contribution in [3.8, 4) is 11.3 Å². The molecule has 132 valence electrons. The summed E-state index contributed by atoms with van der Waals surface area (Å²) in [6, 6.07) is 6.08. The lowest BCUT2D eigenvalue weighted by Crippen LogP contribution is -2.56. The molecule has 3 rings (SSSR count). The first kappa shape index (κ1) is 16.9. The number of fused-ring (bicyclic) bond motifs is 1. The molecule has 1 aliphatic heterocycles. The quantitative estimate of drug-likeness (QED) is 0.891. The third-order valence-electron chi connectivity index (χ3n) is 4.18. The van der Waals surface area contributed by atoms with E-state index in [0.29, 0.717) is 31.2 Å². The number of aromatic nitrogens is 2. The van der Waals surface area contributed by atoms with Crippen LogP contribution >= 0.6 is 0 Å². The zero-order valence-electron chi connectivity index (χ0n) is 14.0. The molecule has 2 amide bonds. The topological polar surface area (TPSA) is 87.5 Å². The highest BCUT2D eigenvalue weighted by atomic mass is 19.1. The summed E-state index contributed by atoms with van der Waals surface area (Å²) in [5.41, 5.74) is 0.307. The van der Waals surface area contributed by atoms with Gasteiger partial charge in [0.05, 0.1) is 12.2 Å². The van der Waals surface area contributed by atoms with Crippen LogP contribution in [0, 0.1) is 5.82 Å². The summed E-state index contributed by atoms with van der Waals surface area (Å²) in [6.07, 6.45) is 0.640. The van der Waals surface area contributed by atoms with Gasteiger partial charge in [-0.3, -0.25) is 4.79 Å². The molecule has 0 saturated heterocycles. The highest BCUT2D eigenvalue weighted by Gasteiger charge is 2.35. The fourth-order valence-corrected chi connectivity index (χ4v) is 2.90. The Morgan fingerprint density at radius 1 is 1.24 bits per heavy atom. The van der Waals surface area contributed by atoms with Crippen LogP contribution in [0.3, 0.4) is 0 Å². The lowest BCUT2D eigenvalue weighted by molar-refractivity contribution is -0.138. The summed E-state index contributed by atoms with van der Waals surface area (Å²) < 4.78 is 15.0. The van der Waals surface area contributed by atoms with Crippen LogP contribution in [-0.2, 0) is 17.9 Å². The largest absolute Gasteiger partial charge is 0.465 e. The Morgan fingerprint density at radius 2 is 1.92 bits per heavy atom. The molecule has 2 aromatic rings. The number of nitrogens with one attached hydrogen (secondary N) is 1. The fraction of sp³-hybridized carbons (Fsp3) is 0.353. The molecule has 1 aromatic carbocycles. The second-order valence-corrected chi connectivity index (χ2v) is 6.52. The highest BCUT2D eigenvalue weighted by molar-refractivity contribution is 5.88. The molecule has 0 bridgehead atoms. The number of halogens is 1. The molecule has 0 fully saturated rings. The molecule has 2 N–H and O–H groups in total. The van der Waals surface area contributed by atoms with Crippen molar-refractivity contribution in [2.24, 2.45) is 0 Å². The second-order valence-electron chi connectivity index (χ2n) is 6.52. The molecular weight excluding hydrogens is 327 g/mol. The van der Waals surface area contributed by atoms with Crippen LogP contribution in [0.4, 0.5) is 9.18 Å². The van der Waals surface area contributed by atoms with Crippen molar-refractivity contribution in [2.45, 2.75) is 32.5 Å². The minimum absolute atomic E-state index is 0.296. The Labute approximate surface area is 144 Å². The third-order valence-corrected chi connectivity index (χ3v) is 4.18. The van der Waals surface area contributed by atoms with Crippen molar-refractivity contribution < 1.29 is 19.1 Å². The van der Waals surface area contributed by atoms with Crippen molar-refractivity contribution in [1.29, 1.82) is 0 Å². The van der Waals surface area contributed by atoms with Gasteiger partial charge in [0.1, 0.15) is 17.2 Å². The predicted octanol–water partition coefficient (Wildman–Crippen LogP) is 2.08. The first-order chi connectivity index (χ1) is 11.8. The number of carbonyl (C=O) groups is 2. The average molecular weight is 346 g/mol. The van der Waals surface area contributed by atoms with Crippen LogP contribution in [0.2, 0.25) is 0 Å². The summed E-state index contributed by atoms with van der Waals surface area (Å²) in [5, 5.41) is 11.1. The summed E-state index contributed by atoms with van der Waals surface area (Å²) in [4.78, 5) is 29.6. The molecule has 0 aliphatic carbocycles. The average Bonchev–Trinajstić information content (AvgIpc) is 2.96. The summed E-state index contributed by atoms with van der Waals surface area (Å²) in [7, 11) is 0. The maximum absolute atomic E-state index is 13.1. The number of hydrogen-bond donors (Lipinski definition) is 2. The van der Waals surface area contributed by atoms with Gasteiger partial charge in [-0.25, -0.2) is 14.2 Å². The lowest BCUT2D eigenvalue weighted by atomic mass is 10.0. The van der Waals surface area contributed by atoms with E-state index < -0.39 is 11.6 Å². The first-order valence-corrected chi connectivity index (χ1v) is 7.89. The normalized spacial score (nSPS) is 14.1. The number of carbonyl (C=O) groups excluding carboxylic acids is 1. The van der Waals surface area contributed by atoms with Gasteiger partial charge in [-0.05, 0) is 38.1 Å². The van der Waals surface area contributed by atoms with Gasteiger partial charge in [0.2, 0.25) is 5.91 Å². The van der Waals surface area contributed by atoms with Crippen LogP contribution in [0.1, 0.15) is 19.7 Å². The zero-order chi connectivity index (χ0) is 18.2. The minimum atomic E-state index is -1.24. The standard InChI is InChI=1S/C17H19FN4O3/c1-17(2,20-16(24)25)15(23)22-8-7-21-9-13(19-14(21)10-22)11-3-5-12(18)6-4-11/h3-6,9,20H,7-8,10H2,1-2H3,(H,24,25). The minimum Gasteiger partial charge on any atom is -0.465 e. The van der Waals surface area contributed by atoms with E-state index >= 15 is 0 Å². The van der Waals surface area contributed by atoms with E-state index in [-0.39, 0.29) is 11.7 Å². The van der Waals surface area contributed by atoms with Crippen LogP contribution in [0.25, 0.3) is 11.3 Å². The number of nitrogens with zero attached hydrogens (tertiary/aromatic N) is 3. The number of carboxylic acid groups (broad SMARTS) is 1. The van der Waals surface area contributed by atoms with Crippen LogP contribution in [-0.4, -0.2) is 43.6 Å². The molecule has 7 nitrogen and oxygen atoms in total. The molecule has 1 aliphatic rings. The predicted molar refractivity (Wildman–Crippen MR) is 88.3 cm³/mol. The van der Waals surface area contributed by atoms with Gasteiger partial charge >= 0.3 is 6.09 Å². The zero-order valence-corrected chi connectivity index (χ0v) is 14.0. The summed E-state index contributed by atoms with van der Waals surface area (Å²) >= 11 is 0. The van der Waals surface area contributed by atoms with E-state index in [2.05, 4.69) is 10.3 Å². The van der Waals surface area contributed by atoms with Gasteiger partial charge in [0, 0.05) is 24.8 Å². The van der Waals surface area contributed by atoms with E-state index in [9.17, 15) is 14.0 Å². The van der Waals surface area contributed by atoms with Crippen molar-refractivity contribution in [3.05, 3.63) is 42.1 Å². The third kappa shape index (κ3) is 3.47. The molecule has 0 radical (unpaired) electrons. The number of imidazole rings is 1. The molecule has 0 unspecified atom stereocenters. The van der Waals surface area contributed by atoms with E-state index in [1.807, 2.05) is 10.8 Å². The maximum Gasteiger partial charge on any atom is 0.405 e.